The van der Waals surface area contributed by atoms with E-state index in [4.69, 9.17) is 17.0 Å². The number of H-pyrrole nitrogens is 1. The average molecular weight is 264 g/mol. The van der Waals surface area contributed by atoms with E-state index in [1.54, 1.807) is 7.11 Å². The summed E-state index contributed by atoms with van der Waals surface area (Å²) < 4.78 is 8.00. The molecule has 0 saturated heterocycles. The smallest absolute Gasteiger partial charge is 0.242 e. The standard InChI is InChI=1S/C12H16N4OS/c1-3-12(4-5-12)6-16-9-8(15-11(16)18)10(17-2)14-7-13-9/h7H,3-6H2,1-2H3,(H,15,18). The van der Waals surface area contributed by atoms with E-state index in [9.17, 15) is 0 Å². The summed E-state index contributed by atoms with van der Waals surface area (Å²) >= 11 is 5.39. The molecule has 0 spiro atoms. The molecule has 1 aliphatic rings. The monoisotopic (exact) mass is 264 g/mol. The maximum atomic E-state index is 5.39. The molecule has 1 fully saturated rings. The lowest BCUT2D eigenvalue weighted by molar-refractivity contribution is 0.400. The van der Waals surface area contributed by atoms with Gasteiger partial charge in [-0.15, -0.1) is 0 Å². The lowest BCUT2D eigenvalue weighted by Crippen LogP contribution is -2.11. The Morgan fingerprint density at radius 2 is 2.28 bits per heavy atom. The molecule has 0 unspecified atom stereocenters. The Bertz CT molecular complexity index is 641. The van der Waals surface area contributed by atoms with Crippen molar-refractivity contribution in [2.24, 2.45) is 5.41 Å². The van der Waals surface area contributed by atoms with E-state index in [1.807, 2.05) is 0 Å². The first kappa shape index (κ1) is 11.6. The van der Waals surface area contributed by atoms with Crippen LogP contribution in [-0.4, -0.2) is 26.6 Å². The van der Waals surface area contributed by atoms with Crippen LogP contribution in [0.4, 0.5) is 0 Å². The SMILES string of the molecule is CCC1(Cn2c(=S)[nH]c3c(OC)ncnc32)CC1. The quantitative estimate of drug-likeness (QED) is 0.863. The molecule has 0 atom stereocenters. The topological polar surface area (TPSA) is 55.7 Å². The summed E-state index contributed by atoms with van der Waals surface area (Å²) in [6, 6.07) is 0. The molecule has 2 heterocycles. The first-order valence-electron chi connectivity index (χ1n) is 6.16. The van der Waals surface area contributed by atoms with Gasteiger partial charge in [0.05, 0.1) is 7.11 Å². The van der Waals surface area contributed by atoms with Crippen LogP contribution in [0.25, 0.3) is 11.2 Å². The molecule has 96 valence electrons. The van der Waals surface area contributed by atoms with Gasteiger partial charge in [0.25, 0.3) is 0 Å². The van der Waals surface area contributed by atoms with Gasteiger partial charge in [-0.3, -0.25) is 0 Å². The Balaban J connectivity index is 2.12. The minimum absolute atomic E-state index is 0.422. The maximum Gasteiger partial charge on any atom is 0.242 e. The van der Waals surface area contributed by atoms with Gasteiger partial charge < -0.3 is 14.3 Å². The zero-order valence-electron chi connectivity index (χ0n) is 10.6. The van der Waals surface area contributed by atoms with E-state index in [-0.39, 0.29) is 0 Å². The van der Waals surface area contributed by atoms with E-state index < -0.39 is 0 Å². The first-order chi connectivity index (χ1) is 8.69. The molecule has 1 N–H and O–H groups in total. The van der Waals surface area contributed by atoms with Crippen molar-refractivity contribution in [3.05, 3.63) is 11.1 Å². The number of aromatic amines is 1. The molecule has 0 aliphatic heterocycles. The maximum absolute atomic E-state index is 5.39. The van der Waals surface area contributed by atoms with Crippen molar-refractivity contribution in [2.45, 2.75) is 32.7 Å². The number of hydrogen-bond acceptors (Lipinski definition) is 4. The zero-order valence-corrected chi connectivity index (χ0v) is 11.4. The molecule has 5 nitrogen and oxygen atoms in total. The number of rotatable bonds is 4. The minimum Gasteiger partial charge on any atom is -0.479 e. The molecule has 1 aliphatic carbocycles. The average Bonchev–Trinajstić information content (AvgIpc) is 3.10. The Morgan fingerprint density at radius 3 is 2.89 bits per heavy atom. The van der Waals surface area contributed by atoms with Crippen LogP contribution in [0, 0.1) is 10.2 Å². The number of methoxy groups -OCH3 is 1. The third-order valence-electron chi connectivity index (χ3n) is 3.92. The second-order valence-corrected chi connectivity index (χ2v) is 5.34. The van der Waals surface area contributed by atoms with E-state index in [1.165, 1.54) is 25.6 Å². The molecule has 0 radical (unpaired) electrons. The van der Waals surface area contributed by atoms with Gasteiger partial charge >= 0.3 is 0 Å². The summed E-state index contributed by atoms with van der Waals surface area (Å²) in [6.07, 6.45) is 5.26. The van der Waals surface area contributed by atoms with Gasteiger partial charge in [-0.2, -0.15) is 4.98 Å². The number of ether oxygens (including phenoxy) is 1. The van der Waals surface area contributed by atoms with Crippen LogP contribution >= 0.6 is 12.2 Å². The molecule has 3 rings (SSSR count). The molecular formula is C12H16N4OS. The fourth-order valence-corrected chi connectivity index (χ4v) is 2.64. The molecule has 0 aromatic carbocycles. The third-order valence-corrected chi connectivity index (χ3v) is 4.24. The van der Waals surface area contributed by atoms with Gasteiger partial charge in [0.2, 0.25) is 5.88 Å². The third kappa shape index (κ3) is 1.71. The highest BCUT2D eigenvalue weighted by atomic mass is 32.1. The van der Waals surface area contributed by atoms with Crippen molar-refractivity contribution in [2.75, 3.05) is 7.11 Å². The lowest BCUT2D eigenvalue weighted by atomic mass is 10.0. The van der Waals surface area contributed by atoms with Gasteiger partial charge in [-0.05, 0) is 36.9 Å². The first-order valence-corrected chi connectivity index (χ1v) is 6.57. The van der Waals surface area contributed by atoms with Crippen LogP contribution in [0.15, 0.2) is 6.33 Å². The molecule has 6 heteroatoms. The summed E-state index contributed by atoms with van der Waals surface area (Å²) in [5.74, 6) is 0.547. The van der Waals surface area contributed by atoms with Crippen molar-refractivity contribution in [1.82, 2.24) is 19.5 Å². The Kier molecular flexibility index (Phi) is 2.62. The Labute approximate surface area is 110 Å². The van der Waals surface area contributed by atoms with Crippen LogP contribution in [0.3, 0.4) is 0 Å². The zero-order chi connectivity index (χ0) is 12.8. The van der Waals surface area contributed by atoms with Crippen molar-refractivity contribution in [3.63, 3.8) is 0 Å². The van der Waals surface area contributed by atoms with Crippen molar-refractivity contribution >= 4 is 23.4 Å². The molecule has 0 bridgehead atoms. The molecular weight excluding hydrogens is 248 g/mol. The van der Waals surface area contributed by atoms with Crippen LogP contribution < -0.4 is 4.74 Å². The fraction of sp³-hybridized carbons (Fsp3) is 0.583. The van der Waals surface area contributed by atoms with Crippen LogP contribution in [0.2, 0.25) is 0 Å². The minimum atomic E-state index is 0.422. The van der Waals surface area contributed by atoms with Gasteiger partial charge in [-0.25, -0.2) is 4.98 Å². The highest BCUT2D eigenvalue weighted by Crippen LogP contribution is 2.50. The lowest BCUT2D eigenvalue weighted by Gasteiger charge is -2.13. The van der Waals surface area contributed by atoms with E-state index >= 15 is 0 Å². The Morgan fingerprint density at radius 1 is 1.50 bits per heavy atom. The predicted octanol–water partition coefficient (Wildman–Crippen LogP) is 2.69. The molecule has 1 saturated carbocycles. The number of nitrogens with one attached hydrogen (secondary N) is 1. The van der Waals surface area contributed by atoms with E-state index in [2.05, 4.69) is 26.4 Å². The van der Waals surface area contributed by atoms with E-state index in [0.717, 1.165) is 17.7 Å². The largest absolute Gasteiger partial charge is 0.479 e. The van der Waals surface area contributed by atoms with Gasteiger partial charge in [0, 0.05) is 6.54 Å². The van der Waals surface area contributed by atoms with Crippen LogP contribution in [-0.2, 0) is 6.54 Å². The molecule has 18 heavy (non-hydrogen) atoms. The molecule has 2 aromatic heterocycles. The summed E-state index contributed by atoms with van der Waals surface area (Å²) in [5, 5.41) is 0. The van der Waals surface area contributed by atoms with Crippen molar-refractivity contribution in [3.8, 4) is 5.88 Å². The second-order valence-electron chi connectivity index (χ2n) is 4.95. The number of fused-ring (bicyclic) bond motifs is 1. The highest BCUT2D eigenvalue weighted by Gasteiger charge is 2.41. The summed E-state index contributed by atoms with van der Waals surface area (Å²) in [6.45, 7) is 3.17. The van der Waals surface area contributed by atoms with Gasteiger partial charge in [0.15, 0.2) is 10.4 Å². The number of hydrogen-bond donors (Lipinski definition) is 1. The van der Waals surface area contributed by atoms with E-state index in [0.29, 0.717) is 16.1 Å². The summed E-state index contributed by atoms with van der Waals surface area (Å²) in [4.78, 5) is 11.6. The van der Waals surface area contributed by atoms with Crippen molar-refractivity contribution < 1.29 is 4.74 Å². The summed E-state index contributed by atoms with van der Waals surface area (Å²) in [7, 11) is 1.60. The van der Waals surface area contributed by atoms with Gasteiger partial charge in [0.1, 0.15) is 11.8 Å². The Hall–Kier alpha value is -1.43. The fourth-order valence-electron chi connectivity index (χ4n) is 2.38. The van der Waals surface area contributed by atoms with Crippen molar-refractivity contribution in [1.29, 1.82) is 0 Å². The van der Waals surface area contributed by atoms with Gasteiger partial charge in [-0.1, -0.05) is 6.92 Å². The summed E-state index contributed by atoms with van der Waals surface area (Å²) in [5.41, 5.74) is 2.05. The molecule has 0 amide bonds. The number of aromatic nitrogens is 4. The molecule has 2 aromatic rings. The van der Waals surface area contributed by atoms with Crippen LogP contribution in [0.1, 0.15) is 26.2 Å². The normalized spacial score (nSPS) is 17.0. The number of imidazole rings is 1. The highest BCUT2D eigenvalue weighted by molar-refractivity contribution is 7.71. The predicted molar refractivity (Wildman–Crippen MR) is 71.2 cm³/mol. The van der Waals surface area contributed by atoms with Crippen LogP contribution in [0.5, 0.6) is 5.88 Å². The second kappa shape index (κ2) is 4.05. The number of nitrogens with zero attached hydrogens (tertiary/aromatic N) is 3.